The van der Waals surface area contributed by atoms with Crippen LogP contribution in [0.1, 0.15) is 50.8 Å². The summed E-state index contributed by atoms with van der Waals surface area (Å²) in [5, 5.41) is 0.286. The first-order chi connectivity index (χ1) is 14.1. The second kappa shape index (κ2) is 9.12. The van der Waals surface area contributed by atoms with Crippen molar-refractivity contribution in [2.45, 2.75) is 51.7 Å². The molecule has 1 fully saturated rings. The first-order valence-corrected chi connectivity index (χ1v) is 10.1. The van der Waals surface area contributed by atoms with E-state index in [2.05, 4.69) is 9.97 Å². The van der Waals surface area contributed by atoms with Gasteiger partial charge in [0.05, 0.1) is 11.9 Å². The van der Waals surface area contributed by atoms with E-state index in [1.165, 1.54) is 12.1 Å². The summed E-state index contributed by atoms with van der Waals surface area (Å²) in [7, 11) is 0. The number of rotatable bonds is 4. The highest BCUT2D eigenvalue weighted by Gasteiger charge is 2.29. The molecule has 3 rings (SSSR count). The normalized spacial score (nSPS) is 15.2. The molecule has 0 spiro atoms. The van der Waals surface area contributed by atoms with E-state index in [9.17, 15) is 13.6 Å². The van der Waals surface area contributed by atoms with E-state index in [0.717, 1.165) is 6.20 Å². The summed E-state index contributed by atoms with van der Waals surface area (Å²) in [6.45, 7) is 6.21. The summed E-state index contributed by atoms with van der Waals surface area (Å²) < 4.78 is 39.1. The molecule has 6 nitrogen and oxygen atoms in total. The number of ether oxygens (including phenoxy) is 2. The minimum absolute atomic E-state index is 0.0321. The van der Waals surface area contributed by atoms with Crippen molar-refractivity contribution < 1.29 is 23.0 Å². The van der Waals surface area contributed by atoms with Gasteiger partial charge in [-0.3, -0.25) is 0 Å². The van der Waals surface area contributed by atoms with E-state index in [1.807, 2.05) is 20.8 Å². The Kier molecular flexibility index (Phi) is 6.75. The quantitative estimate of drug-likeness (QED) is 0.663. The molecule has 9 heteroatoms. The van der Waals surface area contributed by atoms with Crippen LogP contribution in [0.4, 0.5) is 13.6 Å². The van der Waals surface area contributed by atoms with Gasteiger partial charge < -0.3 is 14.4 Å². The van der Waals surface area contributed by atoms with Crippen LogP contribution in [0.15, 0.2) is 24.4 Å². The third-order valence-electron chi connectivity index (χ3n) is 4.65. The van der Waals surface area contributed by atoms with E-state index in [4.69, 9.17) is 21.1 Å². The van der Waals surface area contributed by atoms with Crippen molar-refractivity contribution >= 4 is 17.7 Å². The lowest BCUT2D eigenvalue weighted by Crippen LogP contribution is -2.41. The van der Waals surface area contributed by atoms with Gasteiger partial charge in [0.2, 0.25) is 0 Å². The molecular formula is C21H24ClF2N3O3. The van der Waals surface area contributed by atoms with Crippen molar-refractivity contribution in [2.24, 2.45) is 0 Å². The van der Waals surface area contributed by atoms with Gasteiger partial charge >= 0.3 is 12.1 Å². The highest BCUT2D eigenvalue weighted by molar-refractivity contribution is 6.30. The van der Waals surface area contributed by atoms with Crippen LogP contribution in [0, 0.1) is 11.6 Å². The lowest BCUT2D eigenvalue weighted by atomic mass is 9.93. The molecule has 1 amide bonds. The first-order valence-electron chi connectivity index (χ1n) is 9.69. The van der Waals surface area contributed by atoms with Crippen molar-refractivity contribution in [2.75, 3.05) is 13.1 Å². The average molecular weight is 440 g/mol. The molecule has 1 saturated heterocycles. The Morgan fingerprint density at radius 2 is 1.93 bits per heavy atom. The zero-order valence-electron chi connectivity index (χ0n) is 17.1. The molecule has 1 aliphatic heterocycles. The fraction of sp³-hybridized carbons (Fsp3) is 0.476. The number of carbonyl (C=O) groups excluding carboxylic acids is 1. The van der Waals surface area contributed by atoms with E-state index >= 15 is 0 Å². The Labute approximate surface area is 179 Å². The Balaban J connectivity index is 1.62. The molecule has 0 bridgehead atoms. The van der Waals surface area contributed by atoms with Crippen molar-refractivity contribution in [3.05, 3.63) is 52.3 Å². The molecule has 0 saturated carbocycles. The fourth-order valence-corrected chi connectivity index (χ4v) is 3.32. The predicted molar refractivity (Wildman–Crippen MR) is 108 cm³/mol. The van der Waals surface area contributed by atoms with Crippen molar-refractivity contribution in [1.82, 2.24) is 14.9 Å². The zero-order valence-corrected chi connectivity index (χ0v) is 17.9. The smallest absolute Gasteiger partial charge is 0.410 e. The monoisotopic (exact) mass is 439 g/mol. The SMILES string of the molecule is CC(C)(C)OC(=O)N1CCC(c2nc(OCc3ccc(Cl)cc3F)ncc2F)CC1. The fourth-order valence-electron chi connectivity index (χ4n) is 3.16. The van der Waals surface area contributed by atoms with Gasteiger partial charge in [0.15, 0.2) is 5.82 Å². The number of aromatic nitrogens is 2. The first kappa shape index (κ1) is 22.2. The number of nitrogens with zero attached hydrogens (tertiary/aromatic N) is 3. The topological polar surface area (TPSA) is 64.5 Å². The molecule has 1 aliphatic rings. The zero-order chi connectivity index (χ0) is 21.9. The molecule has 1 aromatic heterocycles. The largest absolute Gasteiger partial charge is 0.458 e. The molecule has 0 unspecified atom stereocenters. The lowest BCUT2D eigenvalue weighted by Gasteiger charge is -2.33. The van der Waals surface area contributed by atoms with Crippen molar-refractivity contribution in [3.63, 3.8) is 0 Å². The molecule has 0 radical (unpaired) electrons. The Bertz CT molecular complexity index is 913. The number of carbonyl (C=O) groups is 1. The van der Waals surface area contributed by atoms with Crippen LogP contribution >= 0.6 is 11.6 Å². The third kappa shape index (κ3) is 5.78. The molecule has 0 aliphatic carbocycles. The van der Waals surface area contributed by atoms with Gasteiger partial charge in [0.25, 0.3) is 0 Å². The summed E-state index contributed by atoms with van der Waals surface area (Å²) in [6, 6.07) is 4.22. The Morgan fingerprint density at radius 1 is 1.23 bits per heavy atom. The van der Waals surface area contributed by atoms with Crippen LogP contribution in [0.2, 0.25) is 5.02 Å². The van der Waals surface area contributed by atoms with Crippen LogP contribution < -0.4 is 4.74 Å². The number of hydrogen-bond acceptors (Lipinski definition) is 5. The molecule has 30 heavy (non-hydrogen) atoms. The van der Waals surface area contributed by atoms with Crippen LogP contribution in [-0.2, 0) is 11.3 Å². The molecule has 162 valence electrons. The number of hydrogen-bond donors (Lipinski definition) is 0. The second-order valence-corrected chi connectivity index (χ2v) is 8.59. The lowest BCUT2D eigenvalue weighted by molar-refractivity contribution is 0.0203. The molecular weight excluding hydrogens is 416 g/mol. The maximum absolute atomic E-state index is 14.3. The number of likely N-dealkylation sites (tertiary alicyclic amines) is 1. The van der Waals surface area contributed by atoms with Gasteiger partial charge in [0.1, 0.15) is 18.0 Å². The van der Waals surface area contributed by atoms with E-state index < -0.39 is 17.2 Å². The minimum atomic E-state index is -0.567. The summed E-state index contributed by atoms with van der Waals surface area (Å²) in [6.07, 6.45) is 1.76. The maximum atomic E-state index is 14.3. The molecule has 1 aromatic carbocycles. The van der Waals surface area contributed by atoms with Gasteiger partial charge in [-0.05, 0) is 45.7 Å². The molecule has 2 aromatic rings. The number of piperidine rings is 1. The van der Waals surface area contributed by atoms with Gasteiger partial charge in [-0.1, -0.05) is 17.7 Å². The summed E-state index contributed by atoms with van der Waals surface area (Å²) in [4.78, 5) is 21.8. The van der Waals surface area contributed by atoms with Gasteiger partial charge in [-0.2, -0.15) is 4.98 Å². The molecule has 2 heterocycles. The van der Waals surface area contributed by atoms with Gasteiger partial charge in [-0.15, -0.1) is 0 Å². The third-order valence-corrected chi connectivity index (χ3v) is 4.89. The second-order valence-electron chi connectivity index (χ2n) is 8.15. The van der Waals surface area contributed by atoms with Gasteiger partial charge in [-0.25, -0.2) is 18.6 Å². The average Bonchev–Trinajstić information content (AvgIpc) is 2.67. The summed E-state index contributed by atoms with van der Waals surface area (Å²) in [5.74, 6) is -1.21. The predicted octanol–water partition coefficient (Wildman–Crippen LogP) is 5.10. The number of benzene rings is 1. The van der Waals surface area contributed by atoms with Crippen LogP contribution in [-0.4, -0.2) is 39.7 Å². The molecule has 0 N–H and O–H groups in total. The van der Waals surface area contributed by atoms with E-state index in [0.29, 0.717) is 31.5 Å². The number of amides is 1. The maximum Gasteiger partial charge on any atom is 0.410 e. The van der Waals surface area contributed by atoms with Crippen LogP contribution in [0.3, 0.4) is 0 Å². The van der Waals surface area contributed by atoms with E-state index in [-0.39, 0.29) is 35.3 Å². The van der Waals surface area contributed by atoms with E-state index in [1.54, 1.807) is 11.0 Å². The Hall–Kier alpha value is -2.48. The number of halogens is 3. The van der Waals surface area contributed by atoms with Crippen LogP contribution in [0.5, 0.6) is 6.01 Å². The minimum Gasteiger partial charge on any atom is -0.458 e. The van der Waals surface area contributed by atoms with Gasteiger partial charge in [0, 0.05) is 29.6 Å². The summed E-state index contributed by atoms with van der Waals surface area (Å²) >= 11 is 5.74. The highest BCUT2D eigenvalue weighted by Crippen LogP contribution is 2.30. The van der Waals surface area contributed by atoms with Crippen LogP contribution in [0.25, 0.3) is 0 Å². The van der Waals surface area contributed by atoms with Crippen molar-refractivity contribution in [1.29, 1.82) is 0 Å². The Morgan fingerprint density at radius 3 is 2.57 bits per heavy atom. The molecule has 0 atom stereocenters. The standard InChI is InChI=1S/C21H24ClF2N3O3/c1-21(2,3)30-20(28)27-8-6-13(7-9-27)18-17(24)11-25-19(26-18)29-12-14-4-5-15(22)10-16(14)23/h4-5,10-11,13H,6-9,12H2,1-3H3. The van der Waals surface area contributed by atoms with Crippen molar-refractivity contribution in [3.8, 4) is 6.01 Å². The highest BCUT2D eigenvalue weighted by atomic mass is 35.5. The summed E-state index contributed by atoms with van der Waals surface area (Å²) in [5.41, 5.74) is -0.0392.